The second kappa shape index (κ2) is 6.02. The largest absolute Gasteiger partial charge is 0.465 e. The normalized spacial score (nSPS) is 31.8. The molecule has 0 radical (unpaired) electrons. The lowest BCUT2D eigenvalue weighted by Gasteiger charge is -2.39. The van der Waals surface area contributed by atoms with E-state index in [4.69, 9.17) is 5.11 Å². The number of nitrogens with zero attached hydrogens (tertiary/aromatic N) is 1. The topological polar surface area (TPSA) is 81.7 Å². The van der Waals surface area contributed by atoms with Gasteiger partial charge in [-0.05, 0) is 50.7 Å². The third-order valence-electron chi connectivity index (χ3n) is 6.25. The van der Waals surface area contributed by atoms with Gasteiger partial charge >= 0.3 is 6.09 Å². The summed E-state index contributed by atoms with van der Waals surface area (Å²) in [6.07, 6.45) is 3.64. The molecule has 1 saturated carbocycles. The number of hydrogen-bond acceptors (Lipinski definition) is 3. The molecule has 25 heavy (non-hydrogen) atoms. The molecule has 3 N–H and O–H groups in total. The number of fused-ring (bicyclic) bond motifs is 2. The van der Waals surface area contributed by atoms with Crippen molar-refractivity contribution in [1.82, 2.24) is 10.2 Å². The van der Waals surface area contributed by atoms with Crippen molar-refractivity contribution in [3.63, 3.8) is 0 Å². The van der Waals surface area contributed by atoms with Gasteiger partial charge in [0.05, 0.1) is 5.41 Å². The fourth-order valence-corrected chi connectivity index (χ4v) is 4.90. The predicted octanol–water partition coefficient (Wildman–Crippen LogP) is 2.47. The van der Waals surface area contributed by atoms with E-state index in [9.17, 15) is 9.59 Å². The van der Waals surface area contributed by atoms with Crippen LogP contribution in [0.25, 0.3) is 0 Å². The van der Waals surface area contributed by atoms with Crippen molar-refractivity contribution in [2.75, 3.05) is 18.4 Å². The molecular formula is C19H25N3O3. The number of aryl methyl sites for hydroxylation is 1. The van der Waals surface area contributed by atoms with Crippen molar-refractivity contribution in [1.29, 1.82) is 0 Å². The van der Waals surface area contributed by atoms with Gasteiger partial charge in [-0.1, -0.05) is 17.7 Å². The molecule has 2 fully saturated rings. The highest BCUT2D eigenvalue weighted by atomic mass is 16.4. The highest BCUT2D eigenvalue weighted by molar-refractivity contribution is 6.06. The zero-order chi connectivity index (χ0) is 17.6. The van der Waals surface area contributed by atoms with Crippen molar-refractivity contribution in [3.05, 3.63) is 29.3 Å². The number of carboxylic acid groups (broad SMARTS) is 1. The fraction of sp³-hybridized carbons (Fsp3) is 0.579. The van der Waals surface area contributed by atoms with E-state index < -0.39 is 6.09 Å². The van der Waals surface area contributed by atoms with Crippen LogP contribution < -0.4 is 10.6 Å². The van der Waals surface area contributed by atoms with Gasteiger partial charge < -0.3 is 15.7 Å². The molecule has 6 heteroatoms. The van der Waals surface area contributed by atoms with E-state index in [2.05, 4.69) is 28.5 Å². The molecule has 0 unspecified atom stereocenters. The second-order valence-corrected chi connectivity index (χ2v) is 7.75. The smallest absolute Gasteiger partial charge is 0.404 e. The van der Waals surface area contributed by atoms with Gasteiger partial charge in [0.15, 0.2) is 0 Å². The summed E-state index contributed by atoms with van der Waals surface area (Å²) in [6.45, 7) is 3.79. The summed E-state index contributed by atoms with van der Waals surface area (Å²) < 4.78 is 0. The number of nitrogens with one attached hydrogen (secondary N) is 2. The van der Waals surface area contributed by atoms with Gasteiger partial charge in [0, 0.05) is 30.9 Å². The lowest BCUT2D eigenvalue weighted by Crippen LogP contribution is -2.45. The van der Waals surface area contributed by atoms with Crippen molar-refractivity contribution in [2.24, 2.45) is 0 Å². The highest BCUT2D eigenvalue weighted by Gasteiger charge is 2.49. The molecule has 0 aromatic heterocycles. The summed E-state index contributed by atoms with van der Waals surface area (Å²) in [6, 6.07) is 6.71. The first-order chi connectivity index (χ1) is 12.0. The van der Waals surface area contributed by atoms with Gasteiger partial charge in [-0.25, -0.2) is 4.79 Å². The summed E-state index contributed by atoms with van der Waals surface area (Å²) in [5, 5.41) is 14.5. The average molecular weight is 343 g/mol. The van der Waals surface area contributed by atoms with Gasteiger partial charge in [-0.2, -0.15) is 0 Å². The minimum absolute atomic E-state index is 0.0338. The molecule has 134 valence electrons. The number of benzene rings is 1. The van der Waals surface area contributed by atoms with Crippen LogP contribution in [0.5, 0.6) is 0 Å². The Morgan fingerprint density at radius 2 is 2.08 bits per heavy atom. The molecule has 2 heterocycles. The maximum Gasteiger partial charge on any atom is 0.404 e. The second-order valence-electron chi connectivity index (χ2n) is 7.75. The van der Waals surface area contributed by atoms with Gasteiger partial charge in [-0.15, -0.1) is 0 Å². The van der Waals surface area contributed by atoms with Crippen LogP contribution in [0.1, 0.15) is 43.2 Å². The molecule has 2 aliphatic heterocycles. The molecule has 1 atom stereocenters. The number of rotatable bonds is 2. The fourth-order valence-electron chi connectivity index (χ4n) is 4.90. The monoisotopic (exact) mass is 343 g/mol. The molecule has 1 saturated heterocycles. The van der Waals surface area contributed by atoms with E-state index in [-0.39, 0.29) is 17.4 Å². The Balaban J connectivity index is 1.45. The number of hydrogen-bond donors (Lipinski definition) is 3. The van der Waals surface area contributed by atoms with E-state index in [1.165, 1.54) is 11.1 Å². The Labute approximate surface area is 147 Å². The third kappa shape index (κ3) is 2.78. The lowest BCUT2D eigenvalue weighted by atomic mass is 9.68. The van der Waals surface area contributed by atoms with Gasteiger partial charge in [-0.3, -0.25) is 9.69 Å². The SMILES string of the molecule is Cc1ccc2c(c1)C1(CCC(N3CC[C@H](NC(=O)O)C3)CC1)C(=O)N2. The molecule has 1 aromatic carbocycles. The van der Waals surface area contributed by atoms with Crippen LogP contribution in [0.2, 0.25) is 0 Å². The highest BCUT2D eigenvalue weighted by Crippen LogP contribution is 2.48. The lowest BCUT2D eigenvalue weighted by molar-refractivity contribution is -0.122. The molecule has 1 aromatic rings. The number of carbonyl (C=O) groups excluding carboxylic acids is 1. The van der Waals surface area contributed by atoms with E-state index in [1.54, 1.807) is 0 Å². The molecule has 3 aliphatic rings. The van der Waals surface area contributed by atoms with E-state index >= 15 is 0 Å². The van der Waals surface area contributed by atoms with Crippen molar-refractivity contribution < 1.29 is 14.7 Å². The molecule has 1 aliphatic carbocycles. The Morgan fingerprint density at radius 1 is 1.32 bits per heavy atom. The van der Waals surface area contributed by atoms with Crippen LogP contribution in [0.15, 0.2) is 18.2 Å². The maximum atomic E-state index is 12.7. The van der Waals surface area contributed by atoms with E-state index in [1.807, 2.05) is 12.1 Å². The summed E-state index contributed by atoms with van der Waals surface area (Å²) in [5.41, 5.74) is 2.97. The average Bonchev–Trinajstić information content (AvgIpc) is 3.13. The Bertz CT molecular complexity index is 710. The number of amides is 2. The van der Waals surface area contributed by atoms with Crippen LogP contribution in [0, 0.1) is 6.92 Å². The summed E-state index contributed by atoms with van der Waals surface area (Å²) >= 11 is 0. The standard InChI is InChI=1S/C19H25N3O3/c1-12-2-3-16-15(10-12)19(17(23)21-16)7-4-14(5-8-19)22-9-6-13(11-22)20-18(24)25/h2-3,10,13-14,20H,4-9,11H2,1H3,(H,21,23)(H,24,25)/t13-,14?,19?/m0/s1. The van der Waals surface area contributed by atoms with Crippen molar-refractivity contribution in [3.8, 4) is 0 Å². The van der Waals surface area contributed by atoms with Gasteiger partial charge in [0.2, 0.25) is 5.91 Å². The van der Waals surface area contributed by atoms with Crippen LogP contribution in [-0.4, -0.2) is 47.2 Å². The van der Waals surface area contributed by atoms with Gasteiger partial charge in [0.25, 0.3) is 0 Å². The minimum atomic E-state index is -0.941. The van der Waals surface area contributed by atoms with Crippen LogP contribution in [0.3, 0.4) is 0 Å². The number of carbonyl (C=O) groups is 2. The first-order valence-electron chi connectivity index (χ1n) is 9.14. The number of likely N-dealkylation sites (tertiary alicyclic amines) is 1. The van der Waals surface area contributed by atoms with Crippen LogP contribution >= 0.6 is 0 Å². The quantitative estimate of drug-likeness (QED) is 0.770. The summed E-state index contributed by atoms with van der Waals surface area (Å²) in [4.78, 5) is 25.9. The Kier molecular flexibility index (Phi) is 3.95. The number of anilines is 1. The molecule has 0 bridgehead atoms. The zero-order valence-corrected chi connectivity index (χ0v) is 14.5. The van der Waals surface area contributed by atoms with E-state index in [0.29, 0.717) is 6.04 Å². The van der Waals surface area contributed by atoms with Crippen molar-refractivity contribution >= 4 is 17.7 Å². The zero-order valence-electron chi connectivity index (χ0n) is 14.5. The first-order valence-corrected chi connectivity index (χ1v) is 9.14. The van der Waals surface area contributed by atoms with Crippen molar-refractivity contribution in [2.45, 2.75) is 56.5 Å². The Hall–Kier alpha value is -2.08. The summed E-state index contributed by atoms with van der Waals surface area (Å²) in [5.74, 6) is 0.151. The predicted molar refractivity (Wildman–Crippen MR) is 94.9 cm³/mol. The first kappa shape index (κ1) is 16.4. The van der Waals surface area contributed by atoms with Crippen LogP contribution in [0.4, 0.5) is 10.5 Å². The maximum absolute atomic E-state index is 12.7. The van der Waals surface area contributed by atoms with Crippen LogP contribution in [-0.2, 0) is 10.2 Å². The molecule has 1 spiro atoms. The minimum Gasteiger partial charge on any atom is -0.465 e. The molecule has 4 rings (SSSR count). The Morgan fingerprint density at radius 3 is 2.80 bits per heavy atom. The summed E-state index contributed by atoms with van der Waals surface area (Å²) in [7, 11) is 0. The molecule has 6 nitrogen and oxygen atoms in total. The third-order valence-corrected chi connectivity index (χ3v) is 6.25. The van der Waals surface area contributed by atoms with E-state index in [0.717, 1.165) is 50.9 Å². The van der Waals surface area contributed by atoms with Gasteiger partial charge in [0.1, 0.15) is 0 Å². The molecule has 2 amide bonds. The molecular weight excluding hydrogens is 318 g/mol.